The predicted octanol–water partition coefficient (Wildman–Crippen LogP) is 1.28. The first kappa shape index (κ1) is 7.53. The first-order chi connectivity index (χ1) is 5.65. The van der Waals surface area contributed by atoms with Gasteiger partial charge in [0.15, 0.2) is 6.29 Å². The number of aromatic nitrogens is 2. The van der Waals surface area contributed by atoms with Crippen molar-refractivity contribution in [1.29, 1.82) is 0 Å². The molecule has 1 saturated carbocycles. The highest BCUT2D eigenvalue weighted by Gasteiger charge is 2.41. The van der Waals surface area contributed by atoms with Gasteiger partial charge in [0.05, 0.1) is 0 Å². The first-order valence-electron chi connectivity index (χ1n) is 4.15. The minimum Gasteiger partial charge on any atom is -0.296 e. The molecule has 2 rings (SSSR count). The van der Waals surface area contributed by atoms with Gasteiger partial charge in [-0.05, 0) is 18.9 Å². The van der Waals surface area contributed by atoms with Gasteiger partial charge in [-0.15, -0.1) is 0 Å². The molecule has 1 aliphatic carbocycles. The van der Waals surface area contributed by atoms with E-state index >= 15 is 0 Å². The maximum Gasteiger partial charge on any atom is 0.170 e. The number of rotatable bonds is 2. The van der Waals surface area contributed by atoms with E-state index in [1.807, 2.05) is 17.8 Å². The molecule has 0 radical (unpaired) electrons. The van der Waals surface area contributed by atoms with Gasteiger partial charge in [0, 0.05) is 18.2 Å². The molecule has 0 saturated heterocycles. The summed E-state index contributed by atoms with van der Waals surface area (Å²) in [5, 5.41) is 4.08. The van der Waals surface area contributed by atoms with Crippen LogP contribution in [0, 0.1) is 0 Å². The van der Waals surface area contributed by atoms with Gasteiger partial charge in [0.25, 0.3) is 0 Å². The summed E-state index contributed by atoms with van der Waals surface area (Å²) < 4.78 is 1.82. The van der Waals surface area contributed by atoms with Crippen molar-refractivity contribution in [3.05, 3.63) is 17.5 Å². The number of carbonyl (C=O) groups excluding carboxylic acids is 1. The quantitative estimate of drug-likeness (QED) is 0.617. The van der Waals surface area contributed by atoms with E-state index in [9.17, 15) is 4.79 Å². The zero-order chi connectivity index (χ0) is 8.77. The normalized spacial score (nSPS) is 19.2. The van der Waals surface area contributed by atoms with Crippen LogP contribution in [-0.4, -0.2) is 16.1 Å². The molecular formula is C9H12N2O. The van der Waals surface area contributed by atoms with Crippen molar-refractivity contribution in [2.45, 2.75) is 25.2 Å². The fraction of sp³-hybridized carbons (Fsp3) is 0.556. The molecule has 0 N–H and O–H groups in total. The van der Waals surface area contributed by atoms with E-state index in [2.05, 4.69) is 12.0 Å². The third-order valence-corrected chi connectivity index (χ3v) is 2.64. The molecule has 0 aromatic carbocycles. The Hall–Kier alpha value is -1.12. The molecule has 0 amide bonds. The van der Waals surface area contributed by atoms with Crippen LogP contribution < -0.4 is 0 Å². The molecule has 3 heteroatoms. The summed E-state index contributed by atoms with van der Waals surface area (Å²) in [6.07, 6.45) is 3.23. The van der Waals surface area contributed by atoms with Crippen molar-refractivity contribution >= 4 is 6.29 Å². The number of aldehydes is 1. The molecular weight excluding hydrogens is 152 g/mol. The Morgan fingerprint density at radius 2 is 2.33 bits per heavy atom. The number of nitrogens with zero attached hydrogens (tertiary/aromatic N) is 2. The Labute approximate surface area is 71.4 Å². The van der Waals surface area contributed by atoms with Gasteiger partial charge in [0.2, 0.25) is 0 Å². The third kappa shape index (κ3) is 0.967. The highest BCUT2D eigenvalue weighted by Crippen LogP contribution is 2.47. The summed E-state index contributed by atoms with van der Waals surface area (Å²) in [7, 11) is 1.89. The number of hydrogen-bond acceptors (Lipinski definition) is 2. The largest absolute Gasteiger partial charge is 0.296 e. The van der Waals surface area contributed by atoms with Gasteiger partial charge in [-0.2, -0.15) is 5.10 Å². The molecule has 0 spiro atoms. The van der Waals surface area contributed by atoms with Crippen molar-refractivity contribution < 1.29 is 4.79 Å². The standard InChI is InChI=1S/C9H12N2O/c1-9(3-4-9)8-5-7(6-12)10-11(8)2/h5-6H,3-4H2,1-2H3. The van der Waals surface area contributed by atoms with E-state index < -0.39 is 0 Å². The van der Waals surface area contributed by atoms with Crippen molar-refractivity contribution in [3.63, 3.8) is 0 Å². The van der Waals surface area contributed by atoms with Crippen LogP contribution >= 0.6 is 0 Å². The lowest BCUT2D eigenvalue weighted by atomic mass is 10.1. The van der Waals surface area contributed by atoms with Gasteiger partial charge in [-0.25, -0.2) is 0 Å². The minimum atomic E-state index is 0.295. The summed E-state index contributed by atoms with van der Waals surface area (Å²) in [6.45, 7) is 2.21. The van der Waals surface area contributed by atoms with Gasteiger partial charge < -0.3 is 0 Å². The minimum absolute atomic E-state index is 0.295. The first-order valence-corrected chi connectivity index (χ1v) is 4.15. The van der Waals surface area contributed by atoms with E-state index in [4.69, 9.17) is 0 Å². The summed E-state index contributed by atoms with van der Waals surface area (Å²) in [6, 6.07) is 1.89. The third-order valence-electron chi connectivity index (χ3n) is 2.64. The van der Waals surface area contributed by atoms with Crippen LogP contribution in [0.5, 0.6) is 0 Å². The van der Waals surface area contributed by atoms with Crippen LogP contribution in [0.15, 0.2) is 6.07 Å². The predicted molar refractivity (Wildman–Crippen MR) is 45.2 cm³/mol. The molecule has 0 bridgehead atoms. The van der Waals surface area contributed by atoms with Crippen LogP contribution in [0.4, 0.5) is 0 Å². The topological polar surface area (TPSA) is 34.9 Å². The van der Waals surface area contributed by atoms with Gasteiger partial charge >= 0.3 is 0 Å². The summed E-state index contributed by atoms with van der Waals surface area (Å²) in [4.78, 5) is 10.4. The molecule has 1 fully saturated rings. The Bertz CT molecular complexity index is 323. The molecule has 1 aromatic heterocycles. The molecule has 12 heavy (non-hydrogen) atoms. The average Bonchev–Trinajstić information content (AvgIpc) is 2.64. The van der Waals surface area contributed by atoms with E-state index in [1.54, 1.807) is 0 Å². The zero-order valence-corrected chi connectivity index (χ0v) is 7.37. The molecule has 0 unspecified atom stereocenters. The molecule has 0 aliphatic heterocycles. The van der Waals surface area contributed by atoms with Crippen LogP contribution in [0.2, 0.25) is 0 Å². The molecule has 1 aromatic rings. The fourth-order valence-electron chi connectivity index (χ4n) is 1.56. The van der Waals surface area contributed by atoms with Crippen LogP contribution in [0.1, 0.15) is 35.9 Å². The van der Waals surface area contributed by atoms with Crippen molar-refractivity contribution in [2.24, 2.45) is 7.05 Å². The van der Waals surface area contributed by atoms with Gasteiger partial charge in [0.1, 0.15) is 5.69 Å². The lowest BCUT2D eigenvalue weighted by Gasteiger charge is -2.06. The Balaban J connectivity index is 2.43. The van der Waals surface area contributed by atoms with Crippen molar-refractivity contribution in [3.8, 4) is 0 Å². The van der Waals surface area contributed by atoms with Gasteiger partial charge in [-0.1, -0.05) is 6.92 Å². The highest BCUT2D eigenvalue weighted by atomic mass is 16.1. The molecule has 0 atom stereocenters. The smallest absolute Gasteiger partial charge is 0.170 e. The molecule has 1 heterocycles. The number of hydrogen-bond donors (Lipinski definition) is 0. The Kier molecular flexibility index (Phi) is 1.37. The highest BCUT2D eigenvalue weighted by molar-refractivity contribution is 5.72. The molecule has 1 aliphatic rings. The van der Waals surface area contributed by atoms with Crippen LogP contribution in [0.3, 0.4) is 0 Å². The zero-order valence-electron chi connectivity index (χ0n) is 7.37. The Morgan fingerprint density at radius 3 is 2.75 bits per heavy atom. The van der Waals surface area contributed by atoms with Crippen molar-refractivity contribution in [1.82, 2.24) is 9.78 Å². The van der Waals surface area contributed by atoms with E-state index in [0.717, 1.165) is 6.29 Å². The SMILES string of the molecule is Cn1nc(C=O)cc1C1(C)CC1. The number of aryl methyl sites for hydroxylation is 1. The van der Waals surface area contributed by atoms with Crippen LogP contribution in [0.25, 0.3) is 0 Å². The van der Waals surface area contributed by atoms with Crippen LogP contribution in [-0.2, 0) is 12.5 Å². The van der Waals surface area contributed by atoms with E-state index in [-0.39, 0.29) is 0 Å². The fourth-order valence-corrected chi connectivity index (χ4v) is 1.56. The van der Waals surface area contributed by atoms with Gasteiger partial charge in [-0.3, -0.25) is 9.48 Å². The summed E-state index contributed by atoms with van der Waals surface area (Å²) >= 11 is 0. The Morgan fingerprint density at radius 1 is 1.67 bits per heavy atom. The molecule has 3 nitrogen and oxygen atoms in total. The summed E-state index contributed by atoms with van der Waals surface area (Å²) in [5.41, 5.74) is 2.02. The second-order valence-electron chi connectivity index (χ2n) is 3.76. The molecule has 64 valence electrons. The average molecular weight is 164 g/mol. The number of carbonyl (C=O) groups is 1. The van der Waals surface area contributed by atoms with E-state index in [0.29, 0.717) is 11.1 Å². The lowest BCUT2D eigenvalue weighted by Crippen LogP contribution is -2.07. The second-order valence-corrected chi connectivity index (χ2v) is 3.76. The lowest BCUT2D eigenvalue weighted by molar-refractivity contribution is 0.111. The van der Waals surface area contributed by atoms with E-state index in [1.165, 1.54) is 18.5 Å². The maximum atomic E-state index is 10.4. The monoisotopic (exact) mass is 164 g/mol. The summed E-state index contributed by atoms with van der Waals surface area (Å²) in [5.74, 6) is 0. The maximum absolute atomic E-state index is 10.4. The van der Waals surface area contributed by atoms with Crippen molar-refractivity contribution in [2.75, 3.05) is 0 Å². The second kappa shape index (κ2) is 2.19.